The molecule has 144 valence electrons. The molecule has 2 aromatic carbocycles. The van der Waals surface area contributed by atoms with Crippen molar-refractivity contribution in [2.45, 2.75) is 25.4 Å². The first-order valence-corrected chi connectivity index (χ1v) is 9.26. The SMILES string of the molecule is COC(=O)c1ccc(CN2CCCC2c2nc3c(C(N)=O)cccc3[nH]2)cc1. The molecule has 28 heavy (non-hydrogen) atoms. The zero-order chi connectivity index (χ0) is 19.7. The molecule has 1 aromatic heterocycles. The Kier molecular flexibility index (Phi) is 4.83. The van der Waals surface area contributed by atoms with Gasteiger partial charge in [0.25, 0.3) is 5.91 Å². The molecule has 7 heteroatoms. The largest absolute Gasteiger partial charge is 0.465 e. The Morgan fingerprint density at radius 3 is 2.75 bits per heavy atom. The number of rotatable bonds is 5. The Morgan fingerprint density at radius 2 is 2.04 bits per heavy atom. The van der Waals surface area contributed by atoms with Gasteiger partial charge in [0.1, 0.15) is 11.3 Å². The molecule has 1 fully saturated rings. The zero-order valence-electron chi connectivity index (χ0n) is 15.6. The highest BCUT2D eigenvalue weighted by atomic mass is 16.5. The van der Waals surface area contributed by atoms with Crippen LogP contribution < -0.4 is 5.73 Å². The molecule has 1 saturated heterocycles. The van der Waals surface area contributed by atoms with E-state index in [2.05, 4.69) is 9.88 Å². The molecule has 0 spiro atoms. The van der Waals surface area contributed by atoms with E-state index in [0.29, 0.717) is 16.6 Å². The number of nitrogens with zero attached hydrogens (tertiary/aromatic N) is 2. The second-order valence-corrected chi connectivity index (χ2v) is 7.01. The van der Waals surface area contributed by atoms with E-state index in [0.717, 1.165) is 42.8 Å². The van der Waals surface area contributed by atoms with E-state index in [1.54, 1.807) is 24.3 Å². The summed E-state index contributed by atoms with van der Waals surface area (Å²) in [4.78, 5) is 33.7. The molecule has 1 atom stereocenters. The average Bonchev–Trinajstić information content (AvgIpc) is 3.33. The second kappa shape index (κ2) is 7.44. The number of carbonyl (C=O) groups is 2. The van der Waals surface area contributed by atoms with Crippen molar-refractivity contribution in [1.82, 2.24) is 14.9 Å². The summed E-state index contributed by atoms with van der Waals surface area (Å²) in [6.07, 6.45) is 2.07. The average molecular weight is 378 g/mol. The number of carbonyl (C=O) groups excluding carboxylic acids is 2. The van der Waals surface area contributed by atoms with E-state index in [-0.39, 0.29) is 12.0 Å². The first-order chi connectivity index (χ1) is 13.6. The number of imidazole rings is 1. The third-order valence-electron chi connectivity index (χ3n) is 5.24. The highest BCUT2D eigenvalue weighted by Crippen LogP contribution is 2.33. The fourth-order valence-corrected chi connectivity index (χ4v) is 3.83. The number of fused-ring (bicyclic) bond motifs is 1. The number of hydrogen-bond acceptors (Lipinski definition) is 5. The Hall–Kier alpha value is -3.19. The van der Waals surface area contributed by atoms with Gasteiger partial charge in [-0.05, 0) is 49.2 Å². The van der Waals surface area contributed by atoms with Gasteiger partial charge in [-0.15, -0.1) is 0 Å². The number of methoxy groups -OCH3 is 1. The number of nitrogens with one attached hydrogen (secondary N) is 1. The van der Waals surface area contributed by atoms with Crippen LogP contribution in [0.2, 0.25) is 0 Å². The molecule has 1 amide bonds. The Bertz CT molecular complexity index is 1030. The summed E-state index contributed by atoms with van der Waals surface area (Å²) >= 11 is 0. The number of primary amides is 1. The van der Waals surface area contributed by atoms with Crippen LogP contribution in [0.25, 0.3) is 11.0 Å². The standard InChI is InChI=1S/C21H22N4O3/c1-28-21(27)14-9-7-13(8-10-14)12-25-11-3-6-17(25)20-23-16-5-2-4-15(19(22)26)18(16)24-20/h2,4-5,7-10,17H,3,6,11-12H2,1H3,(H2,22,26)(H,23,24). The summed E-state index contributed by atoms with van der Waals surface area (Å²) in [6.45, 7) is 1.72. The number of benzene rings is 2. The highest BCUT2D eigenvalue weighted by molar-refractivity contribution is 6.04. The lowest BCUT2D eigenvalue weighted by molar-refractivity contribution is 0.0600. The van der Waals surface area contributed by atoms with Crippen LogP contribution in [0.15, 0.2) is 42.5 Å². The maximum atomic E-state index is 11.7. The lowest BCUT2D eigenvalue weighted by atomic mass is 10.1. The highest BCUT2D eigenvalue weighted by Gasteiger charge is 2.29. The molecule has 2 heterocycles. The van der Waals surface area contributed by atoms with Crippen LogP contribution in [-0.4, -0.2) is 40.4 Å². The molecule has 0 saturated carbocycles. The van der Waals surface area contributed by atoms with Crippen LogP contribution in [0.4, 0.5) is 0 Å². The molecule has 1 aliphatic heterocycles. The van der Waals surface area contributed by atoms with Crippen molar-refractivity contribution >= 4 is 22.9 Å². The fourth-order valence-electron chi connectivity index (χ4n) is 3.83. The minimum Gasteiger partial charge on any atom is -0.465 e. The number of aromatic amines is 1. The van der Waals surface area contributed by atoms with E-state index >= 15 is 0 Å². The van der Waals surface area contributed by atoms with E-state index in [1.807, 2.05) is 18.2 Å². The van der Waals surface area contributed by atoms with Gasteiger partial charge in [-0.2, -0.15) is 0 Å². The number of nitrogens with two attached hydrogens (primary N) is 1. The molecule has 3 aromatic rings. The topological polar surface area (TPSA) is 101 Å². The number of hydrogen-bond donors (Lipinski definition) is 2. The Morgan fingerprint density at radius 1 is 1.25 bits per heavy atom. The van der Waals surface area contributed by atoms with Gasteiger partial charge in [-0.25, -0.2) is 9.78 Å². The van der Waals surface area contributed by atoms with Crippen molar-refractivity contribution in [1.29, 1.82) is 0 Å². The maximum Gasteiger partial charge on any atom is 0.337 e. The van der Waals surface area contributed by atoms with E-state index in [1.165, 1.54) is 7.11 Å². The summed E-state index contributed by atoms with van der Waals surface area (Å²) in [5, 5.41) is 0. The summed E-state index contributed by atoms with van der Waals surface area (Å²) in [5.41, 5.74) is 9.02. The monoisotopic (exact) mass is 378 g/mol. The molecule has 0 aliphatic carbocycles. The first-order valence-electron chi connectivity index (χ1n) is 9.26. The van der Waals surface area contributed by atoms with Crippen LogP contribution in [0.1, 0.15) is 51.0 Å². The van der Waals surface area contributed by atoms with Crippen LogP contribution in [0, 0.1) is 0 Å². The third-order valence-corrected chi connectivity index (χ3v) is 5.24. The predicted molar refractivity (Wildman–Crippen MR) is 105 cm³/mol. The van der Waals surface area contributed by atoms with Crippen molar-refractivity contribution in [3.05, 3.63) is 65.0 Å². The number of H-pyrrole nitrogens is 1. The molecule has 3 N–H and O–H groups in total. The third kappa shape index (κ3) is 3.36. The number of ether oxygens (including phenoxy) is 1. The van der Waals surface area contributed by atoms with Gasteiger partial charge in [-0.3, -0.25) is 9.69 Å². The van der Waals surface area contributed by atoms with E-state index < -0.39 is 5.91 Å². The minimum atomic E-state index is -0.474. The van der Waals surface area contributed by atoms with Crippen molar-refractivity contribution in [2.24, 2.45) is 5.73 Å². The maximum absolute atomic E-state index is 11.7. The molecule has 4 rings (SSSR count). The molecule has 7 nitrogen and oxygen atoms in total. The molecule has 1 aliphatic rings. The van der Waals surface area contributed by atoms with Crippen LogP contribution in [-0.2, 0) is 11.3 Å². The zero-order valence-corrected chi connectivity index (χ0v) is 15.6. The quantitative estimate of drug-likeness (QED) is 0.665. The Balaban J connectivity index is 1.57. The molecule has 0 bridgehead atoms. The molecular formula is C21H22N4O3. The van der Waals surface area contributed by atoms with Crippen molar-refractivity contribution in [3.63, 3.8) is 0 Å². The molecule has 1 unspecified atom stereocenters. The van der Waals surface area contributed by atoms with Crippen molar-refractivity contribution in [3.8, 4) is 0 Å². The van der Waals surface area contributed by atoms with Gasteiger partial charge in [0, 0.05) is 6.54 Å². The lowest BCUT2D eigenvalue weighted by Crippen LogP contribution is -2.23. The number of amides is 1. The van der Waals surface area contributed by atoms with Gasteiger partial charge in [0.15, 0.2) is 0 Å². The van der Waals surface area contributed by atoms with E-state index in [4.69, 9.17) is 15.5 Å². The summed E-state index contributed by atoms with van der Waals surface area (Å²) in [6, 6.07) is 13.0. The van der Waals surface area contributed by atoms with Gasteiger partial charge in [-0.1, -0.05) is 18.2 Å². The summed E-state index contributed by atoms with van der Waals surface area (Å²) < 4.78 is 4.75. The molecule has 0 radical (unpaired) electrons. The number of para-hydroxylation sites is 1. The van der Waals surface area contributed by atoms with Gasteiger partial charge >= 0.3 is 5.97 Å². The smallest absolute Gasteiger partial charge is 0.337 e. The van der Waals surface area contributed by atoms with Gasteiger partial charge in [0.2, 0.25) is 0 Å². The summed E-state index contributed by atoms with van der Waals surface area (Å²) in [7, 11) is 1.38. The summed E-state index contributed by atoms with van der Waals surface area (Å²) in [5.74, 6) is 0.0446. The first kappa shape index (κ1) is 18.2. The van der Waals surface area contributed by atoms with Gasteiger partial charge in [0.05, 0.1) is 29.8 Å². The van der Waals surface area contributed by atoms with Crippen molar-refractivity contribution in [2.75, 3.05) is 13.7 Å². The van der Waals surface area contributed by atoms with Gasteiger partial charge < -0.3 is 15.5 Å². The molecular weight excluding hydrogens is 356 g/mol. The number of likely N-dealkylation sites (tertiary alicyclic amines) is 1. The normalized spacial score (nSPS) is 17.1. The minimum absolute atomic E-state index is 0.147. The Labute approximate surface area is 162 Å². The van der Waals surface area contributed by atoms with Crippen LogP contribution in [0.5, 0.6) is 0 Å². The van der Waals surface area contributed by atoms with E-state index in [9.17, 15) is 9.59 Å². The lowest BCUT2D eigenvalue weighted by Gasteiger charge is -2.23. The predicted octanol–water partition coefficient (Wildman–Crippen LogP) is 2.79. The second-order valence-electron chi connectivity index (χ2n) is 7.01. The van der Waals surface area contributed by atoms with Crippen LogP contribution in [0.3, 0.4) is 0 Å². The van der Waals surface area contributed by atoms with Crippen LogP contribution >= 0.6 is 0 Å². The number of esters is 1. The fraction of sp³-hybridized carbons (Fsp3) is 0.286. The number of aromatic nitrogens is 2. The van der Waals surface area contributed by atoms with Crippen molar-refractivity contribution < 1.29 is 14.3 Å².